The third kappa shape index (κ3) is 4.26. The summed E-state index contributed by atoms with van der Waals surface area (Å²) in [7, 11) is 1.64. The highest BCUT2D eigenvalue weighted by Gasteiger charge is 2.08. The van der Waals surface area contributed by atoms with E-state index in [4.69, 9.17) is 21.1 Å². The van der Waals surface area contributed by atoms with Crippen LogP contribution in [0.2, 0.25) is 5.02 Å². The molecule has 1 N–H and O–H groups in total. The van der Waals surface area contributed by atoms with Crippen LogP contribution in [0.5, 0.6) is 11.6 Å². The second-order valence-corrected chi connectivity index (χ2v) is 5.27. The van der Waals surface area contributed by atoms with Gasteiger partial charge in [-0.15, -0.1) is 0 Å². The van der Waals surface area contributed by atoms with Gasteiger partial charge in [-0.25, -0.2) is 4.98 Å². The zero-order chi connectivity index (χ0) is 15.2. The fraction of sp³-hybridized carbons (Fsp3) is 0.312. The molecule has 1 heterocycles. The number of ether oxygens (including phenoxy) is 2. The summed E-state index contributed by atoms with van der Waals surface area (Å²) in [5, 5.41) is 3.99. The van der Waals surface area contributed by atoms with Gasteiger partial charge >= 0.3 is 0 Å². The summed E-state index contributed by atoms with van der Waals surface area (Å²) in [4.78, 5) is 4.25. The second-order valence-electron chi connectivity index (χ2n) is 4.83. The molecule has 0 amide bonds. The van der Waals surface area contributed by atoms with Crippen LogP contribution in [0.25, 0.3) is 0 Å². The first kappa shape index (κ1) is 15.4. The first-order chi connectivity index (χ1) is 10.1. The second kappa shape index (κ2) is 7.18. The van der Waals surface area contributed by atoms with Gasteiger partial charge in [0.2, 0.25) is 5.88 Å². The molecule has 1 aromatic carbocycles. The summed E-state index contributed by atoms with van der Waals surface area (Å²) in [5.74, 6) is 1.38. The number of nitrogens with one attached hydrogen (secondary N) is 1. The van der Waals surface area contributed by atoms with Crippen LogP contribution in [0.1, 0.15) is 19.4 Å². The predicted octanol–water partition coefficient (Wildman–Crippen LogP) is 4.14. The molecule has 0 atom stereocenters. The Labute approximate surface area is 130 Å². The minimum Gasteiger partial charge on any atom is -0.496 e. The summed E-state index contributed by atoms with van der Waals surface area (Å²) >= 11 is 6.04. The van der Waals surface area contributed by atoms with Crippen LogP contribution < -0.4 is 14.8 Å². The van der Waals surface area contributed by atoms with Crippen LogP contribution >= 0.6 is 11.6 Å². The Morgan fingerprint density at radius 1 is 1.29 bits per heavy atom. The molecule has 0 spiro atoms. The number of anilines is 1. The third-order valence-electron chi connectivity index (χ3n) is 2.83. The molecular weight excluding hydrogens is 288 g/mol. The molecule has 0 unspecified atom stereocenters. The summed E-state index contributed by atoms with van der Waals surface area (Å²) in [6.45, 7) is 4.51. The number of halogens is 1. The molecule has 0 radical (unpaired) electrons. The van der Waals surface area contributed by atoms with Crippen molar-refractivity contribution < 1.29 is 9.47 Å². The number of aromatic nitrogens is 1. The normalized spacial score (nSPS) is 10.5. The molecule has 0 aliphatic heterocycles. The maximum Gasteiger partial charge on any atom is 0.237 e. The van der Waals surface area contributed by atoms with Gasteiger partial charge in [-0.1, -0.05) is 11.6 Å². The van der Waals surface area contributed by atoms with Gasteiger partial charge in [0.05, 0.1) is 18.9 Å². The Hall–Kier alpha value is -1.94. The number of hydrogen-bond acceptors (Lipinski definition) is 4. The maximum absolute atomic E-state index is 6.04. The number of pyridine rings is 1. The van der Waals surface area contributed by atoms with Crippen LogP contribution in [0, 0.1) is 0 Å². The molecule has 21 heavy (non-hydrogen) atoms. The first-order valence-corrected chi connectivity index (χ1v) is 7.16. The van der Waals surface area contributed by atoms with Gasteiger partial charge in [0, 0.05) is 23.3 Å². The molecule has 0 aliphatic rings. The lowest BCUT2D eigenvalue weighted by atomic mass is 10.2. The van der Waals surface area contributed by atoms with Crippen molar-refractivity contribution in [3.05, 3.63) is 47.1 Å². The fourth-order valence-electron chi connectivity index (χ4n) is 1.92. The van der Waals surface area contributed by atoms with E-state index in [-0.39, 0.29) is 6.10 Å². The molecular formula is C16H19ClN2O2. The van der Waals surface area contributed by atoms with E-state index >= 15 is 0 Å². The van der Waals surface area contributed by atoms with Crippen LogP contribution in [0.3, 0.4) is 0 Å². The largest absolute Gasteiger partial charge is 0.496 e. The van der Waals surface area contributed by atoms with Crippen LogP contribution in [-0.2, 0) is 6.54 Å². The van der Waals surface area contributed by atoms with E-state index in [0.717, 1.165) is 17.0 Å². The first-order valence-electron chi connectivity index (χ1n) is 6.78. The van der Waals surface area contributed by atoms with Gasteiger partial charge < -0.3 is 14.8 Å². The number of benzene rings is 1. The van der Waals surface area contributed by atoms with E-state index in [2.05, 4.69) is 10.3 Å². The Kier molecular flexibility index (Phi) is 5.28. The molecule has 2 aromatic rings. The highest BCUT2D eigenvalue weighted by Crippen LogP contribution is 2.26. The van der Waals surface area contributed by atoms with Crippen molar-refractivity contribution in [1.82, 2.24) is 4.98 Å². The third-order valence-corrected chi connectivity index (χ3v) is 3.07. The topological polar surface area (TPSA) is 43.4 Å². The Balaban J connectivity index is 2.15. The Bertz CT molecular complexity index is 603. The highest BCUT2D eigenvalue weighted by atomic mass is 35.5. The smallest absolute Gasteiger partial charge is 0.237 e. The number of rotatable bonds is 6. The van der Waals surface area contributed by atoms with E-state index in [1.807, 2.05) is 38.1 Å². The lowest BCUT2D eigenvalue weighted by Crippen LogP contribution is -2.10. The average Bonchev–Trinajstić information content (AvgIpc) is 2.46. The van der Waals surface area contributed by atoms with Gasteiger partial charge in [-0.2, -0.15) is 0 Å². The highest BCUT2D eigenvalue weighted by molar-refractivity contribution is 6.30. The summed E-state index contributed by atoms with van der Waals surface area (Å²) < 4.78 is 11.0. The van der Waals surface area contributed by atoms with Gasteiger partial charge in [-0.05, 0) is 44.2 Å². The molecule has 0 bridgehead atoms. The van der Waals surface area contributed by atoms with Crippen molar-refractivity contribution in [3.8, 4) is 11.6 Å². The van der Waals surface area contributed by atoms with Gasteiger partial charge in [0.1, 0.15) is 5.75 Å². The molecule has 1 aromatic heterocycles. The standard InChI is InChI=1S/C16H19ClN2O2/c1-11(2)21-16-14(5-4-8-18-16)19-10-12-9-13(17)6-7-15(12)20-3/h4-9,11,19H,10H2,1-3H3. The molecule has 0 aliphatic carbocycles. The summed E-state index contributed by atoms with van der Waals surface area (Å²) in [5.41, 5.74) is 1.82. The fourth-order valence-corrected chi connectivity index (χ4v) is 2.11. The van der Waals surface area contributed by atoms with Gasteiger partial charge in [0.25, 0.3) is 0 Å². The van der Waals surface area contributed by atoms with Crippen LogP contribution in [0.4, 0.5) is 5.69 Å². The van der Waals surface area contributed by atoms with Crippen molar-refractivity contribution in [2.75, 3.05) is 12.4 Å². The summed E-state index contributed by atoms with van der Waals surface area (Å²) in [6, 6.07) is 9.34. The molecule has 0 saturated carbocycles. The monoisotopic (exact) mass is 306 g/mol. The Morgan fingerprint density at radius 3 is 2.81 bits per heavy atom. The van der Waals surface area contributed by atoms with Crippen LogP contribution in [0.15, 0.2) is 36.5 Å². The van der Waals surface area contributed by atoms with Crippen LogP contribution in [-0.4, -0.2) is 18.2 Å². The lowest BCUT2D eigenvalue weighted by molar-refractivity contribution is 0.234. The summed E-state index contributed by atoms with van der Waals surface area (Å²) in [6.07, 6.45) is 1.78. The van der Waals surface area contributed by atoms with E-state index in [1.54, 1.807) is 19.4 Å². The maximum atomic E-state index is 6.04. The van der Waals surface area contributed by atoms with Crippen molar-refractivity contribution in [2.24, 2.45) is 0 Å². The van der Waals surface area contributed by atoms with Crippen molar-refractivity contribution in [3.63, 3.8) is 0 Å². The van der Waals surface area contributed by atoms with E-state index in [1.165, 1.54) is 0 Å². The zero-order valence-corrected chi connectivity index (χ0v) is 13.1. The average molecular weight is 307 g/mol. The van der Waals surface area contributed by atoms with E-state index < -0.39 is 0 Å². The van der Waals surface area contributed by atoms with Crippen molar-refractivity contribution >= 4 is 17.3 Å². The number of nitrogens with zero attached hydrogens (tertiary/aromatic N) is 1. The molecule has 0 fully saturated rings. The molecule has 0 saturated heterocycles. The van der Waals surface area contributed by atoms with Gasteiger partial charge in [0.15, 0.2) is 0 Å². The lowest BCUT2D eigenvalue weighted by Gasteiger charge is -2.15. The van der Waals surface area contributed by atoms with Crippen molar-refractivity contribution in [2.45, 2.75) is 26.5 Å². The quantitative estimate of drug-likeness (QED) is 0.871. The predicted molar refractivity (Wildman–Crippen MR) is 85.3 cm³/mol. The zero-order valence-electron chi connectivity index (χ0n) is 12.4. The van der Waals surface area contributed by atoms with Gasteiger partial charge in [-0.3, -0.25) is 0 Å². The molecule has 5 heteroatoms. The molecule has 4 nitrogen and oxygen atoms in total. The van der Waals surface area contributed by atoms with E-state index in [9.17, 15) is 0 Å². The SMILES string of the molecule is COc1ccc(Cl)cc1CNc1cccnc1OC(C)C. The van der Waals surface area contributed by atoms with E-state index in [0.29, 0.717) is 17.4 Å². The minimum absolute atomic E-state index is 0.0705. The number of methoxy groups -OCH3 is 1. The Morgan fingerprint density at radius 2 is 2.10 bits per heavy atom. The minimum atomic E-state index is 0.0705. The number of hydrogen-bond donors (Lipinski definition) is 1. The molecule has 112 valence electrons. The molecule has 2 rings (SSSR count). The van der Waals surface area contributed by atoms with Crippen molar-refractivity contribution in [1.29, 1.82) is 0 Å².